The molecule has 0 saturated carbocycles. The van der Waals surface area contributed by atoms with E-state index in [1.54, 1.807) is 12.1 Å². The summed E-state index contributed by atoms with van der Waals surface area (Å²) in [5.41, 5.74) is 3.91. The monoisotopic (exact) mass is 254 g/mol. The van der Waals surface area contributed by atoms with Gasteiger partial charge in [0.05, 0.1) is 0 Å². The Kier molecular flexibility index (Phi) is 2.92. The highest BCUT2D eigenvalue weighted by atomic mass is 19.4. The van der Waals surface area contributed by atoms with Crippen LogP contribution in [0.5, 0.6) is 0 Å². The first-order valence-electron chi connectivity index (χ1n) is 5.61. The summed E-state index contributed by atoms with van der Waals surface area (Å²) >= 11 is 0. The quantitative estimate of drug-likeness (QED) is 0.883. The Morgan fingerprint density at radius 1 is 1.28 bits per heavy atom. The van der Waals surface area contributed by atoms with E-state index in [4.69, 9.17) is 5.73 Å². The standard InChI is InChI=1S/C13H13F3N2/c1-2-3-4-9-5-7-10(8-6-9)12(11(17)18-12)13(14,15)16/h3-8H,2H2,1H3,(H2,17,18). The number of hydrogen-bond donors (Lipinski definition) is 1. The molecule has 0 bridgehead atoms. The molecule has 0 spiro atoms. The molecule has 1 unspecified atom stereocenters. The molecule has 1 atom stereocenters. The molecule has 96 valence electrons. The lowest BCUT2D eigenvalue weighted by atomic mass is 9.94. The van der Waals surface area contributed by atoms with Crippen molar-refractivity contribution in [2.75, 3.05) is 0 Å². The molecular formula is C13H13F3N2. The minimum atomic E-state index is -4.47. The van der Waals surface area contributed by atoms with Gasteiger partial charge in [-0.25, -0.2) is 4.99 Å². The number of nitrogens with zero attached hydrogens (tertiary/aromatic N) is 1. The van der Waals surface area contributed by atoms with Crippen molar-refractivity contribution in [2.45, 2.75) is 25.1 Å². The van der Waals surface area contributed by atoms with Gasteiger partial charge in [0.2, 0.25) is 5.54 Å². The predicted octanol–water partition coefficient (Wildman–Crippen LogP) is 3.24. The largest absolute Gasteiger partial charge is 0.425 e. The van der Waals surface area contributed by atoms with Crippen molar-refractivity contribution >= 4 is 11.9 Å². The second-order valence-electron chi connectivity index (χ2n) is 4.14. The number of hydrogen-bond acceptors (Lipinski definition) is 2. The number of aliphatic imine (C=N–C) groups is 1. The fourth-order valence-electron chi connectivity index (χ4n) is 1.83. The van der Waals surface area contributed by atoms with Crippen LogP contribution >= 0.6 is 0 Å². The van der Waals surface area contributed by atoms with Crippen LogP contribution in [0.25, 0.3) is 6.08 Å². The van der Waals surface area contributed by atoms with E-state index in [9.17, 15) is 13.2 Å². The Hall–Kier alpha value is -1.78. The van der Waals surface area contributed by atoms with Gasteiger partial charge >= 0.3 is 6.18 Å². The molecular weight excluding hydrogens is 241 g/mol. The number of halogens is 3. The van der Waals surface area contributed by atoms with Gasteiger partial charge in [0.15, 0.2) is 0 Å². The third-order valence-electron chi connectivity index (χ3n) is 2.89. The molecule has 2 nitrogen and oxygen atoms in total. The first-order valence-corrected chi connectivity index (χ1v) is 5.61. The van der Waals surface area contributed by atoms with Crippen LogP contribution in [0.15, 0.2) is 35.3 Å². The molecule has 0 radical (unpaired) electrons. The van der Waals surface area contributed by atoms with Crippen LogP contribution in [0.3, 0.4) is 0 Å². The highest BCUT2D eigenvalue weighted by Crippen LogP contribution is 2.50. The molecule has 1 aliphatic rings. The summed E-state index contributed by atoms with van der Waals surface area (Å²) in [6.45, 7) is 1.99. The van der Waals surface area contributed by atoms with Gasteiger partial charge in [0.1, 0.15) is 5.84 Å². The maximum Gasteiger partial charge on any atom is 0.425 e. The molecule has 5 heteroatoms. The summed E-state index contributed by atoms with van der Waals surface area (Å²) in [5.74, 6) is -0.369. The van der Waals surface area contributed by atoms with Gasteiger partial charge in [-0.1, -0.05) is 43.3 Å². The van der Waals surface area contributed by atoms with E-state index >= 15 is 0 Å². The van der Waals surface area contributed by atoms with E-state index in [-0.39, 0.29) is 11.4 Å². The minimum absolute atomic E-state index is 0.0705. The highest BCUT2D eigenvalue weighted by Gasteiger charge is 2.67. The van der Waals surface area contributed by atoms with Gasteiger partial charge in [-0.05, 0) is 17.5 Å². The molecule has 0 aromatic heterocycles. The average Bonchev–Trinajstić information content (AvgIpc) is 3.00. The zero-order chi connectivity index (χ0) is 13.4. The lowest BCUT2D eigenvalue weighted by Crippen LogP contribution is -2.37. The summed E-state index contributed by atoms with van der Waals surface area (Å²) in [5, 5.41) is 0. The van der Waals surface area contributed by atoms with Crippen molar-refractivity contribution < 1.29 is 13.2 Å². The molecule has 2 N–H and O–H groups in total. The Bertz CT molecular complexity index is 500. The Morgan fingerprint density at radius 3 is 2.22 bits per heavy atom. The summed E-state index contributed by atoms with van der Waals surface area (Å²) in [6, 6.07) is 6.12. The van der Waals surface area contributed by atoms with Crippen molar-refractivity contribution in [3.05, 3.63) is 41.5 Å². The van der Waals surface area contributed by atoms with E-state index in [1.807, 2.05) is 19.1 Å². The third kappa shape index (κ3) is 1.89. The van der Waals surface area contributed by atoms with Crippen molar-refractivity contribution in [1.29, 1.82) is 0 Å². The van der Waals surface area contributed by atoms with E-state index in [1.165, 1.54) is 12.1 Å². The first kappa shape index (κ1) is 12.7. The topological polar surface area (TPSA) is 38.4 Å². The van der Waals surface area contributed by atoms with Crippen molar-refractivity contribution in [1.82, 2.24) is 0 Å². The number of allylic oxidation sites excluding steroid dienone is 1. The van der Waals surface area contributed by atoms with Gasteiger partial charge in [0.25, 0.3) is 0 Å². The molecule has 0 saturated heterocycles. The Morgan fingerprint density at radius 2 is 1.83 bits per heavy atom. The minimum Gasteiger partial charge on any atom is -0.385 e. The fraction of sp³-hybridized carbons (Fsp3) is 0.308. The second-order valence-corrected chi connectivity index (χ2v) is 4.14. The molecule has 1 aliphatic heterocycles. The third-order valence-corrected chi connectivity index (χ3v) is 2.89. The number of rotatable bonds is 3. The molecule has 2 rings (SSSR count). The van der Waals surface area contributed by atoms with Crippen LogP contribution in [0, 0.1) is 0 Å². The molecule has 0 amide bonds. The van der Waals surface area contributed by atoms with Crippen LogP contribution < -0.4 is 5.73 Å². The normalized spacial score (nSPS) is 23.2. The summed E-state index contributed by atoms with van der Waals surface area (Å²) in [7, 11) is 0. The average molecular weight is 254 g/mol. The van der Waals surface area contributed by atoms with E-state index in [0.717, 1.165) is 12.0 Å². The maximum atomic E-state index is 12.9. The summed E-state index contributed by atoms with van der Waals surface area (Å²) in [4.78, 5) is 3.37. The van der Waals surface area contributed by atoms with Crippen LogP contribution in [0.4, 0.5) is 13.2 Å². The second kappa shape index (κ2) is 4.15. The van der Waals surface area contributed by atoms with Gasteiger partial charge in [-0.15, -0.1) is 0 Å². The molecule has 1 aromatic rings. The van der Waals surface area contributed by atoms with Crippen LogP contribution in [0.2, 0.25) is 0 Å². The molecule has 0 aliphatic carbocycles. The number of benzene rings is 1. The van der Waals surface area contributed by atoms with E-state index < -0.39 is 11.7 Å². The van der Waals surface area contributed by atoms with E-state index in [0.29, 0.717) is 0 Å². The summed E-state index contributed by atoms with van der Waals surface area (Å²) < 4.78 is 38.8. The van der Waals surface area contributed by atoms with Crippen LogP contribution in [-0.4, -0.2) is 12.0 Å². The first-order chi connectivity index (χ1) is 8.41. The zero-order valence-corrected chi connectivity index (χ0v) is 9.83. The SMILES string of the molecule is CCC=Cc1ccc(C2(C(F)(F)F)N=C2N)cc1. The van der Waals surface area contributed by atoms with Crippen LogP contribution in [-0.2, 0) is 5.54 Å². The number of nitrogens with two attached hydrogens (primary N) is 1. The molecule has 1 aromatic carbocycles. The Balaban J connectivity index is 2.28. The van der Waals surface area contributed by atoms with Gasteiger partial charge in [-0.2, -0.15) is 13.2 Å². The lowest BCUT2D eigenvalue weighted by Gasteiger charge is -2.18. The van der Waals surface area contributed by atoms with Gasteiger partial charge < -0.3 is 5.73 Å². The van der Waals surface area contributed by atoms with Crippen LogP contribution in [0.1, 0.15) is 24.5 Å². The van der Waals surface area contributed by atoms with Crippen molar-refractivity contribution in [3.63, 3.8) is 0 Å². The predicted molar refractivity (Wildman–Crippen MR) is 65.1 cm³/mol. The van der Waals surface area contributed by atoms with Crippen molar-refractivity contribution in [3.8, 4) is 0 Å². The smallest absolute Gasteiger partial charge is 0.385 e. The molecule has 18 heavy (non-hydrogen) atoms. The zero-order valence-electron chi connectivity index (χ0n) is 9.83. The maximum absolute atomic E-state index is 12.9. The lowest BCUT2D eigenvalue weighted by molar-refractivity contribution is -0.156. The van der Waals surface area contributed by atoms with Gasteiger partial charge in [-0.3, -0.25) is 0 Å². The van der Waals surface area contributed by atoms with E-state index in [2.05, 4.69) is 4.99 Å². The van der Waals surface area contributed by atoms with Crippen molar-refractivity contribution in [2.24, 2.45) is 10.7 Å². The fourth-order valence-corrected chi connectivity index (χ4v) is 1.83. The molecule has 0 fully saturated rings. The highest BCUT2D eigenvalue weighted by molar-refractivity contribution is 6.04. The molecule has 1 heterocycles. The number of alkyl halides is 3. The Labute approximate surface area is 103 Å². The number of amidine groups is 1. The summed E-state index contributed by atoms with van der Waals surface area (Å²) in [6.07, 6.45) is 0.208. The van der Waals surface area contributed by atoms with Gasteiger partial charge in [0, 0.05) is 0 Å².